The van der Waals surface area contributed by atoms with Crippen molar-refractivity contribution in [2.75, 3.05) is 7.11 Å². The van der Waals surface area contributed by atoms with Gasteiger partial charge in [-0.2, -0.15) is 0 Å². The summed E-state index contributed by atoms with van der Waals surface area (Å²) in [5.41, 5.74) is 1.22. The van der Waals surface area contributed by atoms with E-state index in [9.17, 15) is 14.7 Å². The minimum atomic E-state index is -1.06. The van der Waals surface area contributed by atoms with E-state index in [4.69, 9.17) is 14.2 Å². The number of benzene rings is 3. The molecule has 0 radical (unpaired) electrons. The third-order valence-electron chi connectivity index (χ3n) is 6.75. The minimum Gasteiger partial charge on any atom is -0.496 e. The van der Waals surface area contributed by atoms with Crippen molar-refractivity contribution in [3.05, 3.63) is 71.3 Å². The van der Waals surface area contributed by atoms with Crippen LogP contribution >= 0.6 is 0 Å². The van der Waals surface area contributed by atoms with Gasteiger partial charge in [0.25, 0.3) is 0 Å². The van der Waals surface area contributed by atoms with Gasteiger partial charge in [0, 0.05) is 0 Å². The van der Waals surface area contributed by atoms with Gasteiger partial charge in [0.15, 0.2) is 0 Å². The first-order valence-electron chi connectivity index (χ1n) is 11.5. The number of carboxylic acids is 1. The summed E-state index contributed by atoms with van der Waals surface area (Å²) in [4.78, 5) is 24.6. The van der Waals surface area contributed by atoms with Crippen molar-refractivity contribution < 1.29 is 28.9 Å². The van der Waals surface area contributed by atoms with Crippen molar-refractivity contribution in [2.24, 2.45) is 5.41 Å². The highest BCUT2D eigenvalue weighted by molar-refractivity contribution is 5.92. The molecule has 0 aromatic heterocycles. The van der Waals surface area contributed by atoms with Crippen LogP contribution in [0.5, 0.6) is 11.5 Å². The molecule has 1 N–H and O–H groups in total. The van der Waals surface area contributed by atoms with Crippen molar-refractivity contribution in [1.82, 2.24) is 0 Å². The minimum absolute atomic E-state index is 0.0789. The summed E-state index contributed by atoms with van der Waals surface area (Å²) in [7, 11) is 1.45. The van der Waals surface area contributed by atoms with Crippen LogP contribution in [0.4, 0.5) is 0 Å². The Labute approximate surface area is 199 Å². The first-order chi connectivity index (χ1) is 16.3. The number of carboxylic acid groups (broad SMARTS) is 1. The average Bonchev–Trinajstić information content (AvgIpc) is 2.83. The molecule has 0 spiro atoms. The van der Waals surface area contributed by atoms with E-state index in [0.717, 1.165) is 16.3 Å². The Morgan fingerprint density at radius 3 is 2.47 bits per heavy atom. The smallest absolute Gasteiger partial charge is 0.339 e. The summed E-state index contributed by atoms with van der Waals surface area (Å²) in [5.74, 6) is -0.407. The topological polar surface area (TPSA) is 82.1 Å². The zero-order valence-corrected chi connectivity index (χ0v) is 19.8. The van der Waals surface area contributed by atoms with E-state index in [2.05, 4.69) is 0 Å². The Kier molecular flexibility index (Phi) is 6.77. The van der Waals surface area contributed by atoms with Gasteiger partial charge in [-0.3, -0.25) is 4.79 Å². The van der Waals surface area contributed by atoms with E-state index >= 15 is 0 Å². The molecule has 6 heteroatoms. The van der Waals surface area contributed by atoms with Crippen LogP contribution < -0.4 is 9.47 Å². The van der Waals surface area contributed by atoms with E-state index in [-0.39, 0.29) is 24.2 Å². The molecule has 1 aliphatic rings. The standard InChI is InChI=1S/C28H30O6/c1-18-15-22(16-24(26(29)30)25(18)32-3)34-21-11-13-28(2,14-12-21)27(31)33-17-20-9-6-8-19-7-4-5-10-23(19)20/h4-10,15-16,21H,11-14,17H2,1-3H3,(H,29,30). The molecule has 0 bridgehead atoms. The molecule has 4 rings (SSSR count). The summed E-state index contributed by atoms with van der Waals surface area (Å²) in [6.07, 6.45) is 2.58. The molecule has 1 aliphatic carbocycles. The summed E-state index contributed by atoms with van der Waals surface area (Å²) < 4.78 is 17.1. The van der Waals surface area contributed by atoms with Gasteiger partial charge in [-0.15, -0.1) is 0 Å². The van der Waals surface area contributed by atoms with Crippen molar-refractivity contribution in [1.29, 1.82) is 0 Å². The average molecular weight is 463 g/mol. The maximum absolute atomic E-state index is 13.0. The van der Waals surface area contributed by atoms with Crippen LogP contribution in [0.15, 0.2) is 54.6 Å². The first-order valence-corrected chi connectivity index (χ1v) is 11.5. The maximum Gasteiger partial charge on any atom is 0.339 e. The lowest BCUT2D eigenvalue weighted by Crippen LogP contribution is -2.37. The number of carbonyl (C=O) groups excluding carboxylic acids is 1. The van der Waals surface area contributed by atoms with Crippen molar-refractivity contribution in [3.8, 4) is 11.5 Å². The van der Waals surface area contributed by atoms with Gasteiger partial charge in [0.2, 0.25) is 0 Å². The number of hydrogen-bond donors (Lipinski definition) is 1. The molecule has 0 aliphatic heterocycles. The zero-order valence-electron chi connectivity index (χ0n) is 19.8. The molecule has 1 saturated carbocycles. The Morgan fingerprint density at radius 1 is 1.06 bits per heavy atom. The molecule has 0 heterocycles. The van der Waals surface area contributed by atoms with Crippen LogP contribution in [-0.2, 0) is 16.1 Å². The lowest BCUT2D eigenvalue weighted by Gasteiger charge is -2.35. The molecule has 178 valence electrons. The second-order valence-electron chi connectivity index (χ2n) is 9.22. The van der Waals surface area contributed by atoms with E-state index < -0.39 is 11.4 Å². The largest absolute Gasteiger partial charge is 0.496 e. The Bertz CT molecular complexity index is 1200. The highest BCUT2D eigenvalue weighted by Gasteiger charge is 2.39. The number of aromatic carboxylic acids is 1. The van der Waals surface area contributed by atoms with Gasteiger partial charge < -0.3 is 19.3 Å². The summed E-state index contributed by atoms with van der Waals surface area (Å²) >= 11 is 0. The number of methoxy groups -OCH3 is 1. The fourth-order valence-corrected chi connectivity index (χ4v) is 4.72. The lowest BCUT2D eigenvalue weighted by molar-refractivity contribution is -0.159. The third-order valence-corrected chi connectivity index (χ3v) is 6.75. The SMILES string of the molecule is COc1c(C)cc(OC2CCC(C)(C(=O)OCc3cccc4ccccc34)CC2)cc1C(=O)O. The van der Waals surface area contributed by atoms with Crippen molar-refractivity contribution in [2.45, 2.75) is 52.2 Å². The van der Waals surface area contributed by atoms with Crippen LogP contribution in [0.2, 0.25) is 0 Å². The second-order valence-corrected chi connectivity index (χ2v) is 9.22. The van der Waals surface area contributed by atoms with E-state index in [1.807, 2.05) is 49.4 Å². The van der Waals surface area contributed by atoms with Gasteiger partial charge in [0.1, 0.15) is 23.7 Å². The van der Waals surface area contributed by atoms with Crippen LogP contribution in [0.25, 0.3) is 10.8 Å². The van der Waals surface area contributed by atoms with Crippen LogP contribution in [-0.4, -0.2) is 30.3 Å². The highest BCUT2D eigenvalue weighted by Crippen LogP contribution is 2.39. The number of fused-ring (bicyclic) bond motifs is 1. The zero-order chi connectivity index (χ0) is 24.3. The Balaban J connectivity index is 1.37. The number of ether oxygens (including phenoxy) is 3. The molecule has 1 fully saturated rings. The number of carbonyl (C=O) groups is 2. The maximum atomic E-state index is 13.0. The third kappa shape index (κ3) is 4.86. The second kappa shape index (κ2) is 9.75. The number of esters is 1. The summed E-state index contributed by atoms with van der Waals surface area (Å²) in [5, 5.41) is 11.7. The lowest BCUT2D eigenvalue weighted by atomic mass is 9.74. The monoisotopic (exact) mass is 462 g/mol. The van der Waals surface area contributed by atoms with Gasteiger partial charge in [0.05, 0.1) is 18.6 Å². The van der Waals surface area contributed by atoms with Crippen LogP contribution in [0, 0.1) is 12.3 Å². The van der Waals surface area contributed by atoms with E-state index in [1.54, 1.807) is 13.0 Å². The summed E-state index contributed by atoms with van der Waals surface area (Å²) in [6.45, 7) is 4.00. The van der Waals surface area contributed by atoms with Gasteiger partial charge >= 0.3 is 11.9 Å². The molecule has 3 aromatic carbocycles. The first kappa shape index (κ1) is 23.6. The van der Waals surface area contributed by atoms with E-state index in [0.29, 0.717) is 42.7 Å². The van der Waals surface area contributed by atoms with Crippen LogP contribution in [0.3, 0.4) is 0 Å². The van der Waals surface area contributed by atoms with Crippen molar-refractivity contribution in [3.63, 3.8) is 0 Å². The summed E-state index contributed by atoms with van der Waals surface area (Å²) in [6, 6.07) is 17.4. The molecule has 0 unspecified atom stereocenters. The molecular formula is C28H30O6. The predicted molar refractivity (Wildman–Crippen MR) is 129 cm³/mol. The molecule has 6 nitrogen and oxygen atoms in total. The molecule has 0 atom stereocenters. The van der Waals surface area contributed by atoms with Gasteiger partial charge in [-0.05, 0) is 73.6 Å². The molecular weight excluding hydrogens is 432 g/mol. The van der Waals surface area contributed by atoms with Gasteiger partial charge in [-0.1, -0.05) is 42.5 Å². The fourth-order valence-electron chi connectivity index (χ4n) is 4.72. The normalized spacial score (nSPS) is 20.0. The predicted octanol–water partition coefficient (Wildman–Crippen LogP) is 5.93. The van der Waals surface area contributed by atoms with Crippen molar-refractivity contribution >= 4 is 22.7 Å². The fraction of sp³-hybridized carbons (Fsp3) is 0.357. The molecule has 0 saturated heterocycles. The molecule has 0 amide bonds. The highest BCUT2D eigenvalue weighted by atomic mass is 16.5. The molecule has 34 heavy (non-hydrogen) atoms. The Morgan fingerprint density at radius 2 is 1.76 bits per heavy atom. The quantitative estimate of drug-likeness (QED) is 0.439. The number of hydrogen-bond acceptors (Lipinski definition) is 5. The van der Waals surface area contributed by atoms with Gasteiger partial charge in [-0.25, -0.2) is 4.79 Å². The van der Waals surface area contributed by atoms with E-state index in [1.165, 1.54) is 13.2 Å². The number of rotatable bonds is 7. The Hall–Kier alpha value is -3.54. The van der Waals surface area contributed by atoms with Crippen LogP contribution in [0.1, 0.15) is 54.1 Å². The number of aryl methyl sites for hydroxylation is 1. The molecule has 3 aromatic rings.